The third-order valence-electron chi connectivity index (χ3n) is 7.96. The zero-order valence-corrected chi connectivity index (χ0v) is 20.7. The second-order valence-corrected chi connectivity index (χ2v) is 10.4. The van der Waals surface area contributed by atoms with E-state index in [0.29, 0.717) is 23.1 Å². The van der Waals surface area contributed by atoms with E-state index in [1.807, 2.05) is 18.2 Å². The molecular weight excluding hydrogens is 448 g/mol. The van der Waals surface area contributed by atoms with Gasteiger partial charge in [-0.1, -0.05) is 31.7 Å². The van der Waals surface area contributed by atoms with Crippen LogP contribution in [0, 0.1) is 17.2 Å². The number of hydrogen-bond acceptors (Lipinski definition) is 3. The zero-order chi connectivity index (χ0) is 24.9. The van der Waals surface area contributed by atoms with E-state index < -0.39 is 0 Å². The van der Waals surface area contributed by atoms with E-state index in [0.717, 1.165) is 68.0 Å². The molecule has 186 valence electrons. The average molecular weight is 483 g/mol. The van der Waals surface area contributed by atoms with Crippen LogP contribution >= 0.6 is 0 Å². The number of aromatic nitrogens is 1. The van der Waals surface area contributed by atoms with Crippen molar-refractivity contribution in [3.8, 4) is 6.07 Å². The monoisotopic (exact) mass is 482 g/mol. The van der Waals surface area contributed by atoms with Crippen molar-refractivity contribution in [1.82, 2.24) is 10.3 Å². The van der Waals surface area contributed by atoms with Crippen molar-refractivity contribution in [2.75, 3.05) is 5.32 Å². The maximum atomic E-state index is 13.0. The Hall–Kier alpha value is -3.59. The highest BCUT2D eigenvalue weighted by molar-refractivity contribution is 6.05. The minimum atomic E-state index is -0.231. The minimum absolute atomic E-state index is 0.109. The van der Waals surface area contributed by atoms with E-state index in [4.69, 9.17) is 5.26 Å². The van der Waals surface area contributed by atoms with Crippen LogP contribution in [-0.4, -0.2) is 22.8 Å². The molecule has 1 heterocycles. The highest BCUT2D eigenvalue weighted by Crippen LogP contribution is 2.37. The van der Waals surface area contributed by atoms with Crippen molar-refractivity contribution >= 4 is 28.4 Å². The Bertz CT molecular complexity index is 1280. The van der Waals surface area contributed by atoms with Crippen LogP contribution in [0.4, 0.5) is 5.69 Å². The molecule has 2 aliphatic carbocycles. The lowest BCUT2D eigenvalue weighted by atomic mass is 9.81. The molecule has 0 bridgehead atoms. The van der Waals surface area contributed by atoms with Crippen LogP contribution in [-0.2, 0) is 4.79 Å². The molecule has 6 heteroatoms. The quantitative estimate of drug-likeness (QED) is 0.392. The number of carbonyl (C=O) groups is 2. The smallest absolute Gasteiger partial charge is 0.255 e. The third kappa shape index (κ3) is 5.46. The second-order valence-electron chi connectivity index (χ2n) is 10.4. The van der Waals surface area contributed by atoms with E-state index in [9.17, 15) is 9.59 Å². The van der Waals surface area contributed by atoms with E-state index in [-0.39, 0.29) is 17.7 Å². The van der Waals surface area contributed by atoms with E-state index in [2.05, 4.69) is 27.9 Å². The van der Waals surface area contributed by atoms with E-state index in [1.165, 1.54) is 18.4 Å². The first-order valence-electron chi connectivity index (χ1n) is 13.3. The van der Waals surface area contributed by atoms with Gasteiger partial charge >= 0.3 is 0 Å². The molecule has 1 aromatic heterocycles. The molecule has 2 saturated carbocycles. The highest BCUT2D eigenvalue weighted by atomic mass is 16.2. The van der Waals surface area contributed by atoms with Gasteiger partial charge in [-0.05, 0) is 86.4 Å². The molecule has 36 heavy (non-hydrogen) atoms. The normalized spacial score (nSPS) is 20.9. The van der Waals surface area contributed by atoms with Crippen molar-refractivity contribution in [2.24, 2.45) is 5.92 Å². The Morgan fingerprint density at radius 3 is 2.56 bits per heavy atom. The minimum Gasteiger partial charge on any atom is -0.361 e. The SMILES string of the molecule is N#Cc1cccc(C(=O)Nc2ccc3[nH]cc(C4CCCCC(C(=O)NC5CCCC5)CC4)c3c2)c1. The Kier molecular flexibility index (Phi) is 7.36. The lowest BCUT2D eigenvalue weighted by Gasteiger charge is -2.25. The Morgan fingerprint density at radius 1 is 0.917 bits per heavy atom. The molecule has 0 radical (unpaired) electrons. The van der Waals surface area contributed by atoms with Crippen LogP contribution in [0.2, 0.25) is 0 Å². The number of hydrogen-bond donors (Lipinski definition) is 3. The highest BCUT2D eigenvalue weighted by Gasteiger charge is 2.27. The zero-order valence-electron chi connectivity index (χ0n) is 20.7. The van der Waals surface area contributed by atoms with Gasteiger partial charge in [0.15, 0.2) is 0 Å². The number of nitrogens with zero attached hydrogens (tertiary/aromatic N) is 1. The van der Waals surface area contributed by atoms with Gasteiger partial charge < -0.3 is 15.6 Å². The number of nitrogens with one attached hydrogen (secondary N) is 3. The van der Waals surface area contributed by atoms with Gasteiger partial charge in [-0.25, -0.2) is 0 Å². The lowest BCUT2D eigenvalue weighted by Crippen LogP contribution is -2.37. The molecule has 2 aliphatic rings. The summed E-state index contributed by atoms with van der Waals surface area (Å²) >= 11 is 0. The number of nitriles is 1. The summed E-state index contributed by atoms with van der Waals surface area (Å²) in [5, 5.41) is 16.5. The van der Waals surface area contributed by atoms with Gasteiger partial charge in [-0.3, -0.25) is 9.59 Å². The van der Waals surface area contributed by atoms with Gasteiger partial charge in [0, 0.05) is 40.3 Å². The van der Waals surface area contributed by atoms with Gasteiger partial charge in [0.05, 0.1) is 11.6 Å². The van der Waals surface area contributed by atoms with Crippen LogP contribution in [0.15, 0.2) is 48.7 Å². The third-order valence-corrected chi connectivity index (χ3v) is 7.96. The summed E-state index contributed by atoms with van der Waals surface area (Å²) in [7, 11) is 0. The fraction of sp³-hybridized carbons (Fsp3) is 0.433. The Labute approximate surface area is 212 Å². The second kappa shape index (κ2) is 11.0. The van der Waals surface area contributed by atoms with Crippen LogP contribution in [0.25, 0.3) is 10.9 Å². The number of aromatic amines is 1. The molecule has 3 aromatic rings. The van der Waals surface area contributed by atoms with Gasteiger partial charge in [-0.15, -0.1) is 0 Å². The maximum absolute atomic E-state index is 13.0. The molecule has 2 atom stereocenters. The Balaban J connectivity index is 1.29. The molecule has 0 spiro atoms. The summed E-state index contributed by atoms with van der Waals surface area (Å²) in [5.74, 6) is 0.522. The van der Waals surface area contributed by atoms with Crippen LogP contribution in [0.5, 0.6) is 0 Å². The molecule has 5 rings (SSSR count). The largest absolute Gasteiger partial charge is 0.361 e. The van der Waals surface area contributed by atoms with Crippen molar-refractivity contribution in [1.29, 1.82) is 5.26 Å². The molecular formula is C30H34N4O2. The summed E-state index contributed by atoms with van der Waals surface area (Å²) < 4.78 is 0. The van der Waals surface area contributed by atoms with Crippen LogP contribution in [0.3, 0.4) is 0 Å². The van der Waals surface area contributed by atoms with Crippen LogP contribution < -0.4 is 10.6 Å². The number of carbonyl (C=O) groups excluding carboxylic acids is 2. The summed E-state index contributed by atoms with van der Waals surface area (Å²) in [6.45, 7) is 0. The summed E-state index contributed by atoms with van der Waals surface area (Å²) in [4.78, 5) is 29.1. The number of fused-ring (bicyclic) bond motifs is 1. The predicted molar refractivity (Wildman–Crippen MR) is 142 cm³/mol. The topological polar surface area (TPSA) is 97.8 Å². The molecule has 2 unspecified atom stereocenters. The fourth-order valence-electron chi connectivity index (χ4n) is 5.93. The number of anilines is 1. The fourth-order valence-corrected chi connectivity index (χ4v) is 5.93. The van der Waals surface area contributed by atoms with Gasteiger partial charge in [0.25, 0.3) is 5.91 Å². The van der Waals surface area contributed by atoms with Gasteiger partial charge in [-0.2, -0.15) is 5.26 Å². The molecule has 2 fully saturated rings. The van der Waals surface area contributed by atoms with Gasteiger partial charge in [0.1, 0.15) is 0 Å². The molecule has 2 aromatic carbocycles. The molecule has 0 aliphatic heterocycles. The summed E-state index contributed by atoms with van der Waals surface area (Å²) in [6, 6.07) is 15.1. The predicted octanol–water partition coefficient (Wildman–Crippen LogP) is 6.40. The van der Waals surface area contributed by atoms with E-state index in [1.54, 1.807) is 24.3 Å². The van der Waals surface area contributed by atoms with Crippen molar-refractivity contribution in [3.63, 3.8) is 0 Å². The Morgan fingerprint density at radius 2 is 1.72 bits per heavy atom. The first kappa shape index (κ1) is 24.1. The van der Waals surface area contributed by atoms with Gasteiger partial charge in [0.2, 0.25) is 5.91 Å². The first-order valence-corrected chi connectivity index (χ1v) is 13.3. The van der Waals surface area contributed by atoms with Crippen LogP contribution in [0.1, 0.15) is 91.6 Å². The van der Waals surface area contributed by atoms with Crippen molar-refractivity contribution in [3.05, 3.63) is 65.4 Å². The molecule has 2 amide bonds. The van der Waals surface area contributed by atoms with Crippen molar-refractivity contribution < 1.29 is 9.59 Å². The molecule has 6 nitrogen and oxygen atoms in total. The average Bonchev–Trinajstić information content (AvgIpc) is 3.54. The summed E-state index contributed by atoms with van der Waals surface area (Å²) in [5.41, 5.74) is 3.97. The number of benzene rings is 2. The van der Waals surface area contributed by atoms with Crippen molar-refractivity contribution in [2.45, 2.75) is 76.2 Å². The number of rotatable bonds is 5. The molecule has 0 saturated heterocycles. The number of H-pyrrole nitrogens is 1. The summed E-state index contributed by atoms with van der Waals surface area (Å²) in [6.07, 6.45) is 13.0. The first-order chi connectivity index (χ1) is 17.6. The standard InChI is InChI=1S/C30H34N4O2/c31-18-20-6-5-9-23(16-20)30(36)34-25-14-15-28-26(17-25)27(19-32-28)21-7-1-2-8-22(13-12-21)29(35)33-24-10-3-4-11-24/h5-6,9,14-17,19,21-22,24,32H,1-4,7-8,10-13H2,(H,33,35)(H,34,36). The molecule has 3 N–H and O–H groups in total. The number of amides is 2. The maximum Gasteiger partial charge on any atom is 0.255 e. The van der Waals surface area contributed by atoms with E-state index >= 15 is 0 Å². The lowest BCUT2D eigenvalue weighted by molar-refractivity contribution is -0.126.